The third kappa shape index (κ3) is 6.02. The molecule has 7 heteroatoms. The van der Waals surface area contributed by atoms with Crippen LogP contribution in [0.25, 0.3) is 5.69 Å². The minimum Gasteiger partial charge on any atom is -0.258 e. The van der Waals surface area contributed by atoms with Gasteiger partial charge in [0.15, 0.2) is 0 Å². The highest BCUT2D eigenvalue weighted by Crippen LogP contribution is 2.56. The van der Waals surface area contributed by atoms with E-state index in [9.17, 15) is 10.1 Å². The van der Waals surface area contributed by atoms with E-state index in [-0.39, 0.29) is 10.6 Å². The Kier molecular flexibility index (Phi) is 9.09. The first-order valence-corrected chi connectivity index (χ1v) is 13.2. The first kappa shape index (κ1) is 23.3. The molecule has 0 aliphatic carbocycles. The molecular weight excluding hydrogens is 383 g/mol. The molecule has 160 valence electrons. The number of para-hydroxylation sites is 1. The first-order valence-electron chi connectivity index (χ1n) is 10.9. The van der Waals surface area contributed by atoms with E-state index < -0.39 is 7.05 Å². The van der Waals surface area contributed by atoms with E-state index in [4.69, 9.17) is 4.74 Å². The number of hydrogen-bond acceptors (Lipinski definition) is 4. The van der Waals surface area contributed by atoms with Crippen LogP contribution >= 0.6 is 7.05 Å². The molecule has 2 aromatic rings. The summed E-state index contributed by atoms with van der Waals surface area (Å²) in [5.74, 6) is 0.440. The largest absolute Gasteiger partial charge is 0.336 e. The fourth-order valence-electron chi connectivity index (χ4n) is 3.60. The van der Waals surface area contributed by atoms with E-state index in [1.54, 1.807) is 11.6 Å². The predicted molar refractivity (Wildman–Crippen MR) is 123 cm³/mol. The molecule has 0 bridgehead atoms. The van der Waals surface area contributed by atoms with E-state index in [1.165, 1.54) is 0 Å². The lowest BCUT2D eigenvalue weighted by Gasteiger charge is -2.25. The van der Waals surface area contributed by atoms with E-state index in [1.807, 2.05) is 30.3 Å². The molecule has 29 heavy (non-hydrogen) atoms. The van der Waals surface area contributed by atoms with Crippen molar-refractivity contribution < 1.29 is 4.92 Å². The lowest BCUT2D eigenvalue weighted by Crippen LogP contribution is -2.03. The van der Waals surface area contributed by atoms with Crippen LogP contribution in [0.2, 0.25) is 0 Å². The van der Waals surface area contributed by atoms with Gasteiger partial charge in [-0.25, -0.2) is 9.43 Å². The zero-order valence-electron chi connectivity index (χ0n) is 18.3. The molecule has 0 atom stereocenters. The summed E-state index contributed by atoms with van der Waals surface area (Å²) in [5.41, 5.74) is 1.31. The molecule has 1 aromatic carbocycles. The molecule has 0 aliphatic rings. The molecule has 0 radical (unpaired) electrons. The van der Waals surface area contributed by atoms with Gasteiger partial charge in [-0.3, -0.25) is 10.1 Å². The standard InChI is InChI=1S/C22H35N4O2P/c1-5-8-16-29(17-9-6-2,18-10-7-3)24-22-21(26(27)28)19(4)23-25(22)20-14-12-11-13-15-20/h11-15H,5-10,16-18H2,1-4H3. The third-order valence-electron chi connectivity index (χ3n) is 5.28. The monoisotopic (exact) mass is 418 g/mol. The number of unbranched alkanes of at least 4 members (excludes halogenated alkanes) is 3. The molecule has 0 saturated heterocycles. The molecule has 2 rings (SSSR count). The Morgan fingerprint density at radius 1 is 1.00 bits per heavy atom. The molecule has 0 saturated carbocycles. The molecular formula is C22H35N4O2P. The van der Waals surface area contributed by atoms with Crippen LogP contribution < -0.4 is 0 Å². The maximum absolute atomic E-state index is 11.9. The van der Waals surface area contributed by atoms with Crippen molar-refractivity contribution >= 4 is 18.6 Å². The number of nitro groups is 1. The van der Waals surface area contributed by atoms with Gasteiger partial charge in [0.25, 0.3) is 0 Å². The zero-order chi connectivity index (χ0) is 21.3. The van der Waals surface area contributed by atoms with E-state index in [0.717, 1.165) is 62.7 Å². The Hall–Kier alpha value is -1.94. The summed E-state index contributed by atoms with van der Waals surface area (Å²) in [5, 5.41) is 16.4. The second-order valence-electron chi connectivity index (χ2n) is 7.69. The summed E-state index contributed by atoms with van der Waals surface area (Å²) >= 11 is 0. The van der Waals surface area contributed by atoms with Crippen molar-refractivity contribution in [3.05, 3.63) is 46.1 Å². The second-order valence-corrected chi connectivity index (χ2v) is 11.4. The van der Waals surface area contributed by atoms with Crippen molar-refractivity contribution in [3.8, 4) is 5.69 Å². The number of aryl methyl sites for hydroxylation is 1. The van der Waals surface area contributed by atoms with Gasteiger partial charge in [0, 0.05) is 0 Å². The van der Waals surface area contributed by atoms with Gasteiger partial charge < -0.3 is 0 Å². The number of nitrogens with zero attached hydrogens (tertiary/aromatic N) is 4. The lowest BCUT2D eigenvalue weighted by atomic mass is 10.3. The van der Waals surface area contributed by atoms with Crippen molar-refractivity contribution in [1.82, 2.24) is 9.78 Å². The SMILES string of the molecule is CCCCP(CCCC)(CCCC)=Nc1c([N+](=O)[O-])c(C)nn1-c1ccccc1. The van der Waals surface area contributed by atoms with Gasteiger partial charge in [-0.15, -0.1) is 0 Å². The maximum Gasteiger partial charge on any atom is 0.336 e. The van der Waals surface area contributed by atoms with Crippen LogP contribution in [0, 0.1) is 17.0 Å². The number of rotatable bonds is 12. The van der Waals surface area contributed by atoms with Gasteiger partial charge >= 0.3 is 5.69 Å². The van der Waals surface area contributed by atoms with Crippen molar-refractivity contribution in [2.75, 3.05) is 18.5 Å². The number of hydrogen-bond donors (Lipinski definition) is 0. The second kappa shape index (κ2) is 11.3. The lowest BCUT2D eigenvalue weighted by molar-refractivity contribution is -0.384. The van der Waals surface area contributed by atoms with Gasteiger partial charge in [-0.2, -0.15) is 5.10 Å². The van der Waals surface area contributed by atoms with Gasteiger partial charge in [-0.1, -0.05) is 58.2 Å². The van der Waals surface area contributed by atoms with Crippen LogP contribution in [-0.4, -0.2) is 33.2 Å². The number of benzene rings is 1. The summed E-state index contributed by atoms with van der Waals surface area (Å²) in [6.45, 7) is 8.32. The van der Waals surface area contributed by atoms with Crippen molar-refractivity contribution in [2.24, 2.45) is 4.74 Å². The number of aromatic nitrogens is 2. The molecule has 1 heterocycles. The minimum atomic E-state index is -1.71. The van der Waals surface area contributed by atoms with Crippen LogP contribution in [0.3, 0.4) is 0 Å². The van der Waals surface area contributed by atoms with Crippen LogP contribution in [0.5, 0.6) is 0 Å². The van der Waals surface area contributed by atoms with Gasteiger partial charge in [0.1, 0.15) is 5.69 Å². The van der Waals surface area contributed by atoms with Crippen LogP contribution in [-0.2, 0) is 0 Å². The van der Waals surface area contributed by atoms with E-state index in [0.29, 0.717) is 11.5 Å². The summed E-state index contributed by atoms with van der Waals surface area (Å²) in [6, 6.07) is 9.65. The fraction of sp³-hybridized carbons (Fsp3) is 0.591. The highest BCUT2D eigenvalue weighted by atomic mass is 31.2. The zero-order valence-corrected chi connectivity index (χ0v) is 19.2. The summed E-state index contributed by atoms with van der Waals surface area (Å²) < 4.78 is 6.98. The van der Waals surface area contributed by atoms with Crippen molar-refractivity contribution in [1.29, 1.82) is 0 Å². The Morgan fingerprint density at radius 2 is 1.52 bits per heavy atom. The molecule has 6 nitrogen and oxygen atoms in total. The molecule has 0 aliphatic heterocycles. The molecule has 0 N–H and O–H groups in total. The summed E-state index contributed by atoms with van der Waals surface area (Å²) in [7, 11) is -1.71. The average Bonchev–Trinajstić information content (AvgIpc) is 3.05. The normalized spacial score (nSPS) is 11.6. The Morgan fingerprint density at radius 3 is 1.97 bits per heavy atom. The molecule has 0 amide bonds. The van der Waals surface area contributed by atoms with E-state index in [2.05, 4.69) is 25.9 Å². The third-order valence-corrected chi connectivity index (χ3v) is 9.34. The van der Waals surface area contributed by atoms with E-state index >= 15 is 0 Å². The molecule has 0 unspecified atom stereocenters. The van der Waals surface area contributed by atoms with Crippen LogP contribution in [0.4, 0.5) is 11.5 Å². The summed E-state index contributed by atoms with van der Waals surface area (Å²) in [6.07, 6.45) is 9.93. The molecule has 1 aromatic heterocycles. The fourth-order valence-corrected chi connectivity index (χ4v) is 7.87. The highest BCUT2D eigenvalue weighted by Gasteiger charge is 2.29. The Labute approximate surface area is 174 Å². The van der Waals surface area contributed by atoms with Gasteiger partial charge in [0.05, 0.1) is 10.6 Å². The smallest absolute Gasteiger partial charge is 0.258 e. The van der Waals surface area contributed by atoms with Crippen LogP contribution in [0.1, 0.15) is 65.0 Å². The molecule has 0 spiro atoms. The topological polar surface area (TPSA) is 73.3 Å². The Balaban J connectivity index is 2.73. The predicted octanol–water partition coefficient (Wildman–Crippen LogP) is 7.32. The van der Waals surface area contributed by atoms with Gasteiger partial charge in [0.2, 0.25) is 5.82 Å². The van der Waals surface area contributed by atoms with Crippen LogP contribution in [0.15, 0.2) is 35.1 Å². The molecule has 0 fully saturated rings. The maximum atomic E-state index is 11.9. The quantitative estimate of drug-likeness (QED) is 0.206. The van der Waals surface area contributed by atoms with Gasteiger partial charge in [-0.05, 0) is 63.9 Å². The highest BCUT2D eigenvalue weighted by molar-refractivity contribution is 7.66. The minimum absolute atomic E-state index is 0.0581. The average molecular weight is 419 g/mol. The van der Waals surface area contributed by atoms with Crippen molar-refractivity contribution in [2.45, 2.75) is 66.2 Å². The first-order chi connectivity index (χ1) is 14.0. The summed E-state index contributed by atoms with van der Waals surface area (Å²) in [4.78, 5) is 11.6. The Bertz CT molecular complexity index is 817. The van der Waals surface area contributed by atoms with Crippen molar-refractivity contribution in [3.63, 3.8) is 0 Å².